The number of rotatable bonds is 5. The molecule has 0 unspecified atom stereocenters. The van der Waals surface area contributed by atoms with Gasteiger partial charge in [-0.3, -0.25) is 0 Å². The Bertz CT molecular complexity index is 932. The van der Waals surface area contributed by atoms with Crippen molar-refractivity contribution in [2.24, 2.45) is 0 Å². The van der Waals surface area contributed by atoms with Gasteiger partial charge in [0.15, 0.2) is 0 Å². The molecule has 3 rings (SSSR count). The zero-order valence-electron chi connectivity index (χ0n) is 15.5. The molecule has 6 heteroatoms. The lowest BCUT2D eigenvalue weighted by atomic mass is 9.94. The molecule has 2 aromatic carbocycles. The van der Waals surface area contributed by atoms with E-state index in [0.717, 1.165) is 11.1 Å². The second kappa shape index (κ2) is 7.53. The van der Waals surface area contributed by atoms with E-state index in [1.54, 1.807) is 44.4 Å². The molecule has 0 fully saturated rings. The summed E-state index contributed by atoms with van der Waals surface area (Å²) in [5.74, 6) is 0.192. The van der Waals surface area contributed by atoms with E-state index in [2.05, 4.69) is 0 Å². The number of hydrogen-bond acceptors (Lipinski definition) is 6. The van der Waals surface area contributed by atoms with Gasteiger partial charge < -0.3 is 19.9 Å². The van der Waals surface area contributed by atoms with Gasteiger partial charge in [0.1, 0.15) is 18.1 Å². The molecule has 0 aliphatic carbocycles. The first-order valence-electron chi connectivity index (χ1n) is 8.53. The molecule has 2 N–H and O–H groups in total. The van der Waals surface area contributed by atoms with Crippen LogP contribution in [0.5, 0.6) is 5.75 Å². The quantitative estimate of drug-likeness (QED) is 0.494. The first kappa shape index (κ1) is 18.5. The third-order valence-corrected chi connectivity index (χ3v) is 4.58. The van der Waals surface area contributed by atoms with Gasteiger partial charge in [0.05, 0.1) is 23.9 Å². The Balaban J connectivity index is 1.86. The number of nitrogen functional groups attached to an aromatic ring is 1. The van der Waals surface area contributed by atoms with Crippen molar-refractivity contribution in [3.63, 3.8) is 0 Å². The highest BCUT2D eigenvalue weighted by atomic mass is 16.5. The maximum atomic E-state index is 12.1. The predicted octanol–water partition coefficient (Wildman–Crippen LogP) is 3.56. The normalized spacial score (nSPS) is 13.1. The summed E-state index contributed by atoms with van der Waals surface area (Å²) in [7, 11) is 1.56. The lowest BCUT2D eigenvalue weighted by Crippen LogP contribution is -2.08. The monoisotopic (exact) mass is 367 g/mol. The number of fused-ring (bicyclic) bond motifs is 1. The van der Waals surface area contributed by atoms with E-state index in [1.165, 1.54) is 0 Å². The fourth-order valence-corrected chi connectivity index (χ4v) is 3.16. The minimum Gasteiger partial charge on any atom is -0.496 e. The highest BCUT2D eigenvalue weighted by molar-refractivity contribution is 6.00. The molecule has 0 spiro atoms. The summed E-state index contributed by atoms with van der Waals surface area (Å²) in [5.41, 5.74) is 9.70. The molecule has 140 valence electrons. The van der Waals surface area contributed by atoms with Gasteiger partial charge in [-0.15, -0.1) is 0 Å². The lowest BCUT2D eigenvalue weighted by Gasteiger charge is -2.16. The Morgan fingerprint density at radius 1 is 1.30 bits per heavy atom. The number of hydrogen-bond donors (Lipinski definition) is 1. The number of esters is 2. The van der Waals surface area contributed by atoms with E-state index in [4.69, 9.17) is 19.9 Å². The minimum absolute atomic E-state index is 0.199. The molecule has 0 saturated carbocycles. The van der Waals surface area contributed by atoms with E-state index >= 15 is 0 Å². The standard InChI is InChI=1S/C21H21NO5/c1-12(27-20(23)14-7-5-4-6-8-14)9-10-15-18(22)17-16(11-26-21(17)24)13(2)19(15)25-3/h4-9H,10-11,22H2,1-3H3. The Morgan fingerprint density at radius 2 is 2.00 bits per heavy atom. The molecule has 1 aliphatic rings. The Labute approximate surface area is 157 Å². The summed E-state index contributed by atoms with van der Waals surface area (Å²) in [5, 5.41) is 0. The largest absolute Gasteiger partial charge is 0.496 e. The molecule has 6 nitrogen and oxygen atoms in total. The molecule has 2 aromatic rings. The van der Waals surface area contributed by atoms with Crippen LogP contribution in [0.1, 0.15) is 44.3 Å². The molecule has 27 heavy (non-hydrogen) atoms. The number of ether oxygens (including phenoxy) is 3. The van der Waals surface area contributed by atoms with Crippen LogP contribution in [-0.2, 0) is 22.5 Å². The summed E-state index contributed by atoms with van der Waals surface area (Å²) >= 11 is 0. The van der Waals surface area contributed by atoms with E-state index in [1.807, 2.05) is 13.0 Å². The van der Waals surface area contributed by atoms with Crippen LogP contribution < -0.4 is 10.5 Å². The SMILES string of the molecule is COc1c(C)c2c(c(N)c1CC=C(C)OC(=O)c1ccccc1)C(=O)OC2. The van der Waals surface area contributed by atoms with Crippen LogP contribution >= 0.6 is 0 Å². The molecule has 0 bridgehead atoms. The Kier molecular flexibility index (Phi) is 5.16. The Morgan fingerprint density at radius 3 is 2.67 bits per heavy atom. The molecule has 0 atom stereocenters. The number of nitrogens with two attached hydrogens (primary N) is 1. The lowest BCUT2D eigenvalue weighted by molar-refractivity contribution is 0.0534. The smallest absolute Gasteiger partial charge is 0.343 e. The summed E-state index contributed by atoms with van der Waals surface area (Å²) < 4.78 is 16.0. The van der Waals surface area contributed by atoms with Gasteiger partial charge in [-0.2, -0.15) is 0 Å². The first-order valence-corrected chi connectivity index (χ1v) is 8.53. The van der Waals surface area contributed by atoms with Crippen LogP contribution in [0, 0.1) is 6.92 Å². The molecule has 0 saturated heterocycles. The molecular weight excluding hydrogens is 346 g/mol. The second-order valence-electron chi connectivity index (χ2n) is 6.25. The molecule has 1 aliphatic heterocycles. The number of cyclic esters (lactones) is 1. The molecule has 0 radical (unpaired) electrons. The summed E-state index contributed by atoms with van der Waals surface area (Å²) in [6, 6.07) is 8.75. The van der Waals surface area contributed by atoms with Crippen LogP contribution in [-0.4, -0.2) is 19.0 Å². The number of carbonyl (C=O) groups excluding carboxylic acids is 2. The van der Waals surface area contributed by atoms with Crippen molar-refractivity contribution in [1.29, 1.82) is 0 Å². The predicted molar refractivity (Wildman–Crippen MR) is 101 cm³/mol. The van der Waals surface area contributed by atoms with Crippen molar-refractivity contribution < 1.29 is 23.8 Å². The van der Waals surface area contributed by atoms with Gasteiger partial charge in [-0.05, 0) is 44.0 Å². The Hall–Kier alpha value is -3.28. The van der Waals surface area contributed by atoms with E-state index in [9.17, 15) is 9.59 Å². The van der Waals surface area contributed by atoms with Crippen LogP contribution in [0.4, 0.5) is 5.69 Å². The maximum Gasteiger partial charge on any atom is 0.343 e. The van der Waals surface area contributed by atoms with Crippen molar-refractivity contribution in [2.45, 2.75) is 26.9 Å². The first-order chi connectivity index (χ1) is 12.9. The molecular formula is C21H21NO5. The zero-order valence-corrected chi connectivity index (χ0v) is 15.5. The number of carbonyl (C=O) groups is 2. The van der Waals surface area contributed by atoms with Crippen molar-refractivity contribution >= 4 is 17.6 Å². The number of benzene rings is 2. The van der Waals surface area contributed by atoms with Crippen molar-refractivity contribution in [3.05, 3.63) is 70.0 Å². The summed E-state index contributed by atoms with van der Waals surface area (Å²) in [4.78, 5) is 24.1. The van der Waals surface area contributed by atoms with Crippen molar-refractivity contribution in [1.82, 2.24) is 0 Å². The molecule has 0 amide bonds. The minimum atomic E-state index is -0.432. The molecule has 0 aromatic heterocycles. The van der Waals surface area contributed by atoms with Crippen LogP contribution in [0.25, 0.3) is 0 Å². The van der Waals surface area contributed by atoms with Gasteiger partial charge in [-0.25, -0.2) is 9.59 Å². The third-order valence-electron chi connectivity index (χ3n) is 4.58. The van der Waals surface area contributed by atoms with E-state index in [0.29, 0.717) is 40.3 Å². The number of allylic oxidation sites excluding steroid dienone is 2. The molecule has 1 heterocycles. The average Bonchev–Trinajstić information content (AvgIpc) is 3.06. The number of anilines is 1. The fourth-order valence-electron chi connectivity index (χ4n) is 3.16. The van der Waals surface area contributed by atoms with Gasteiger partial charge >= 0.3 is 11.9 Å². The van der Waals surface area contributed by atoms with Gasteiger partial charge in [0.25, 0.3) is 0 Å². The zero-order chi connectivity index (χ0) is 19.6. The highest BCUT2D eigenvalue weighted by Crippen LogP contribution is 2.39. The van der Waals surface area contributed by atoms with Crippen molar-refractivity contribution in [3.8, 4) is 5.75 Å². The van der Waals surface area contributed by atoms with Crippen LogP contribution in [0.3, 0.4) is 0 Å². The van der Waals surface area contributed by atoms with E-state index < -0.39 is 11.9 Å². The van der Waals surface area contributed by atoms with Gasteiger partial charge in [0, 0.05) is 11.1 Å². The topological polar surface area (TPSA) is 87.9 Å². The second-order valence-corrected chi connectivity index (χ2v) is 6.25. The van der Waals surface area contributed by atoms with Crippen LogP contribution in [0.15, 0.2) is 42.2 Å². The highest BCUT2D eigenvalue weighted by Gasteiger charge is 2.30. The fraction of sp³-hybridized carbons (Fsp3) is 0.238. The average molecular weight is 367 g/mol. The summed E-state index contributed by atoms with van der Waals surface area (Å²) in [6.07, 6.45) is 2.09. The van der Waals surface area contributed by atoms with Gasteiger partial charge in [-0.1, -0.05) is 18.2 Å². The van der Waals surface area contributed by atoms with Crippen LogP contribution in [0.2, 0.25) is 0 Å². The number of methoxy groups -OCH3 is 1. The maximum absolute atomic E-state index is 12.1. The van der Waals surface area contributed by atoms with E-state index in [-0.39, 0.29) is 6.61 Å². The summed E-state index contributed by atoms with van der Waals surface area (Å²) in [6.45, 7) is 3.76. The van der Waals surface area contributed by atoms with Crippen molar-refractivity contribution in [2.75, 3.05) is 12.8 Å². The van der Waals surface area contributed by atoms with Gasteiger partial charge in [0.2, 0.25) is 0 Å². The third kappa shape index (κ3) is 3.51.